The van der Waals surface area contributed by atoms with E-state index in [1.165, 1.54) is 16.9 Å². The monoisotopic (exact) mass is 476 g/mol. The van der Waals surface area contributed by atoms with Gasteiger partial charge in [-0.25, -0.2) is 0 Å². The van der Waals surface area contributed by atoms with Crippen LogP contribution in [0, 0.1) is 0 Å². The van der Waals surface area contributed by atoms with E-state index < -0.39 is 0 Å². The van der Waals surface area contributed by atoms with E-state index in [4.69, 9.17) is 0 Å². The van der Waals surface area contributed by atoms with Gasteiger partial charge in [-0.15, -0.1) is 0 Å². The Bertz CT molecular complexity index is 481. The molecule has 8 heteroatoms. The molecule has 0 aromatic carbocycles. The van der Waals surface area contributed by atoms with Crippen molar-refractivity contribution in [2.45, 2.75) is 0 Å². The molecule has 4 aliphatic rings. The van der Waals surface area contributed by atoms with Crippen LogP contribution in [0.15, 0.2) is 45.3 Å². The second-order valence-electron chi connectivity index (χ2n) is 3.15. The number of thioether (sulfide) groups is 6. The van der Waals surface area contributed by atoms with Crippen LogP contribution in [0.4, 0.5) is 0 Å². The molecule has 0 radical (unpaired) electrons. The minimum atomic E-state index is 0.646. The molecule has 0 aromatic heterocycles. The first-order chi connectivity index (χ1) is 8.90. The molecule has 0 bridgehead atoms. The normalized spacial score (nSPS) is 26.2. The van der Waals surface area contributed by atoms with Gasteiger partial charge >= 0.3 is 146 Å². The summed E-state index contributed by atoms with van der Waals surface area (Å²) in [6.07, 6.45) is 0. The SMILES string of the molecule is C1=CSC(=C2SC3=C(S2)SC(=C2[Se]C=C[Se]2)S3)S1. The van der Waals surface area contributed by atoms with Gasteiger partial charge in [-0.05, 0) is 0 Å². The van der Waals surface area contributed by atoms with Gasteiger partial charge in [0.25, 0.3) is 0 Å². The average molecular weight is 474 g/mol. The van der Waals surface area contributed by atoms with Gasteiger partial charge in [0, 0.05) is 0 Å². The van der Waals surface area contributed by atoms with Crippen LogP contribution in [0.3, 0.4) is 0 Å². The quantitative estimate of drug-likeness (QED) is 0.441. The second kappa shape index (κ2) is 5.91. The maximum absolute atomic E-state index is 2.38. The molecule has 0 atom stereocenters. The van der Waals surface area contributed by atoms with Crippen molar-refractivity contribution in [3.63, 3.8) is 0 Å². The first-order valence-electron chi connectivity index (χ1n) is 4.81. The Morgan fingerprint density at radius 2 is 1.11 bits per heavy atom. The Hall–Kier alpha value is 1.84. The third-order valence-electron chi connectivity index (χ3n) is 2.05. The summed E-state index contributed by atoms with van der Waals surface area (Å²) >= 11 is 13.0. The van der Waals surface area contributed by atoms with Gasteiger partial charge in [-0.3, -0.25) is 0 Å². The molecule has 0 nitrogen and oxygen atoms in total. The summed E-state index contributed by atoms with van der Waals surface area (Å²) in [6.45, 7) is 0. The molecular weight excluding hydrogens is 470 g/mol. The van der Waals surface area contributed by atoms with Crippen LogP contribution >= 0.6 is 70.6 Å². The summed E-state index contributed by atoms with van der Waals surface area (Å²) in [6, 6.07) is 0. The van der Waals surface area contributed by atoms with Crippen molar-refractivity contribution in [1.82, 2.24) is 0 Å². The molecule has 0 saturated carbocycles. The molecule has 4 heterocycles. The molecular formula is C10H4S6Se2. The number of hydrogen-bond donors (Lipinski definition) is 0. The number of hydrogen-bond acceptors (Lipinski definition) is 6. The third kappa shape index (κ3) is 2.63. The van der Waals surface area contributed by atoms with E-state index in [2.05, 4.69) is 20.8 Å². The van der Waals surface area contributed by atoms with Gasteiger partial charge in [0.05, 0.1) is 0 Å². The van der Waals surface area contributed by atoms with Gasteiger partial charge < -0.3 is 0 Å². The van der Waals surface area contributed by atoms with E-state index in [0.717, 1.165) is 0 Å². The Morgan fingerprint density at radius 3 is 1.72 bits per heavy atom. The van der Waals surface area contributed by atoms with Gasteiger partial charge in [-0.1, -0.05) is 0 Å². The zero-order chi connectivity index (χ0) is 11.9. The van der Waals surface area contributed by atoms with E-state index in [1.54, 1.807) is 7.61 Å². The topological polar surface area (TPSA) is 0 Å². The first kappa shape index (κ1) is 13.5. The third-order valence-corrected chi connectivity index (χ3v) is 17.4. The molecule has 4 aliphatic heterocycles. The van der Waals surface area contributed by atoms with E-state index >= 15 is 0 Å². The van der Waals surface area contributed by atoms with Crippen molar-refractivity contribution < 1.29 is 0 Å². The Labute approximate surface area is 144 Å². The van der Waals surface area contributed by atoms with Crippen molar-refractivity contribution in [1.29, 1.82) is 0 Å². The number of rotatable bonds is 0. The van der Waals surface area contributed by atoms with Crippen LogP contribution in [0.25, 0.3) is 0 Å². The molecule has 18 heavy (non-hydrogen) atoms. The fraction of sp³-hybridized carbons (Fsp3) is 0. The molecule has 0 aliphatic carbocycles. The Morgan fingerprint density at radius 1 is 0.611 bits per heavy atom. The van der Waals surface area contributed by atoms with Crippen molar-refractivity contribution >= 4 is 100 Å². The van der Waals surface area contributed by atoms with Crippen LogP contribution in [0.5, 0.6) is 0 Å². The van der Waals surface area contributed by atoms with Crippen LogP contribution in [-0.2, 0) is 0 Å². The van der Waals surface area contributed by atoms with Crippen molar-refractivity contribution in [2.75, 3.05) is 0 Å². The summed E-state index contributed by atoms with van der Waals surface area (Å²) < 4.78 is 9.35. The molecule has 0 fully saturated rings. The molecule has 0 unspecified atom stereocenters. The van der Waals surface area contributed by atoms with Gasteiger partial charge in [0.2, 0.25) is 0 Å². The maximum atomic E-state index is 2.38. The Kier molecular flexibility index (Phi) is 4.43. The van der Waals surface area contributed by atoms with Crippen molar-refractivity contribution in [3.8, 4) is 0 Å². The summed E-state index contributed by atoms with van der Waals surface area (Å²) in [4.78, 5) is 4.76. The molecule has 0 N–H and O–H groups in total. The molecule has 0 spiro atoms. The fourth-order valence-corrected chi connectivity index (χ4v) is 15.9. The molecule has 0 saturated heterocycles. The van der Waals surface area contributed by atoms with E-state index in [0.29, 0.717) is 29.9 Å². The summed E-state index contributed by atoms with van der Waals surface area (Å²) in [5.74, 6) is 0. The van der Waals surface area contributed by atoms with Crippen molar-refractivity contribution in [3.05, 3.63) is 45.3 Å². The van der Waals surface area contributed by atoms with Crippen LogP contribution in [0.2, 0.25) is 0 Å². The summed E-state index contributed by atoms with van der Waals surface area (Å²) in [7, 11) is 0. The van der Waals surface area contributed by atoms with Gasteiger partial charge in [0.15, 0.2) is 0 Å². The van der Waals surface area contributed by atoms with E-state index in [-0.39, 0.29) is 0 Å². The first-order valence-corrected chi connectivity index (χ1v) is 13.5. The Balaban J connectivity index is 1.51. The predicted octanol–water partition coefficient (Wildman–Crippen LogP) is 5.17. The van der Waals surface area contributed by atoms with Crippen LogP contribution in [0.1, 0.15) is 0 Å². The molecule has 0 amide bonds. The van der Waals surface area contributed by atoms with Gasteiger partial charge in [-0.2, -0.15) is 0 Å². The van der Waals surface area contributed by atoms with E-state index in [1.807, 2.05) is 70.6 Å². The second-order valence-corrected chi connectivity index (χ2v) is 15.5. The molecule has 0 aromatic rings. The van der Waals surface area contributed by atoms with Gasteiger partial charge in [0.1, 0.15) is 0 Å². The molecule has 92 valence electrons. The zero-order valence-corrected chi connectivity index (χ0v) is 16.9. The average Bonchev–Trinajstić information content (AvgIpc) is 3.13. The summed E-state index contributed by atoms with van der Waals surface area (Å²) in [5.41, 5.74) is 0. The predicted molar refractivity (Wildman–Crippen MR) is 96.4 cm³/mol. The zero-order valence-electron chi connectivity index (χ0n) is 8.58. The van der Waals surface area contributed by atoms with Crippen LogP contribution in [-0.4, -0.2) is 29.9 Å². The summed E-state index contributed by atoms with van der Waals surface area (Å²) in [5, 5.41) is 4.36. The van der Waals surface area contributed by atoms with E-state index in [9.17, 15) is 0 Å². The minimum absolute atomic E-state index is 0.646. The fourth-order valence-electron chi connectivity index (χ4n) is 1.36. The van der Waals surface area contributed by atoms with Crippen molar-refractivity contribution in [2.24, 2.45) is 0 Å². The molecule has 4 rings (SSSR count). The van der Waals surface area contributed by atoms with Crippen LogP contribution < -0.4 is 0 Å². The standard InChI is InChI=1S/C10H4S6Se2/c1-2-12-5(11-1)6-13-7-8(14-6)16-9(15-7)10-17-3-4-18-10/h1-4H.